The number of rotatable bonds is 2. The third kappa shape index (κ3) is 2.18. The van der Waals surface area contributed by atoms with E-state index in [1.54, 1.807) is 43.4 Å². The van der Waals surface area contributed by atoms with Gasteiger partial charge < -0.3 is 4.84 Å². The second-order valence-corrected chi connectivity index (χ2v) is 4.44. The molecule has 0 saturated heterocycles. The minimum atomic E-state index is -0.479. The topological polar surface area (TPSA) is 59.0 Å². The molecule has 3 rings (SSSR count). The van der Waals surface area contributed by atoms with Gasteiger partial charge in [0.25, 0.3) is 11.8 Å². The zero-order valence-corrected chi connectivity index (χ0v) is 11.3. The van der Waals surface area contributed by atoms with Gasteiger partial charge in [0.2, 0.25) is 5.90 Å². The van der Waals surface area contributed by atoms with Crippen LogP contribution in [0.5, 0.6) is 0 Å². The lowest BCUT2D eigenvalue weighted by molar-refractivity contribution is -0.0218. The van der Waals surface area contributed by atoms with Crippen LogP contribution in [0.2, 0.25) is 0 Å². The smallest absolute Gasteiger partial charge is 0.295 e. The van der Waals surface area contributed by atoms with E-state index >= 15 is 0 Å². The summed E-state index contributed by atoms with van der Waals surface area (Å²) in [6.07, 6.45) is 0. The highest BCUT2D eigenvalue weighted by molar-refractivity contribution is 6.21. The predicted octanol–water partition coefficient (Wildman–Crippen LogP) is 2.29. The number of hydrogen-bond acceptors (Lipinski definition) is 4. The van der Waals surface area contributed by atoms with Crippen molar-refractivity contribution >= 4 is 17.7 Å². The van der Waals surface area contributed by atoms with Crippen molar-refractivity contribution in [1.82, 2.24) is 5.06 Å². The summed E-state index contributed by atoms with van der Waals surface area (Å²) in [6.45, 7) is 0. The van der Waals surface area contributed by atoms with Gasteiger partial charge in [-0.05, 0) is 24.3 Å². The van der Waals surface area contributed by atoms with Crippen LogP contribution in [-0.2, 0) is 4.84 Å². The van der Waals surface area contributed by atoms with Gasteiger partial charge in [0.15, 0.2) is 0 Å². The van der Waals surface area contributed by atoms with Crippen LogP contribution in [0.25, 0.3) is 0 Å². The second-order valence-electron chi connectivity index (χ2n) is 4.44. The van der Waals surface area contributed by atoms with Gasteiger partial charge in [-0.1, -0.05) is 35.4 Å². The van der Waals surface area contributed by atoms with E-state index in [1.807, 2.05) is 18.2 Å². The maximum Gasteiger partial charge on any atom is 0.295 e. The fourth-order valence-electron chi connectivity index (χ4n) is 2.14. The lowest BCUT2D eigenvalue weighted by Gasteiger charge is -2.15. The highest BCUT2D eigenvalue weighted by Gasteiger charge is 2.38. The molecule has 2 aromatic carbocycles. The molecular weight excluding hydrogens is 268 g/mol. The molecule has 0 fully saturated rings. The molecule has 0 bridgehead atoms. The molecule has 0 unspecified atom stereocenters. The Hall–Kier alpha value is -2.95. The monoisotopic (exact) mass is 280 g/mol. The maximum absolute atomic E-state index is 12.2. The first-order chi connectivity index (χ1) is 10.2. The van der Waals surface area contributed by atoms with Gasteiger partial charge in [0.1, 0.15) is 0 Å². The molecule has 5 nitrogen and oxygen atoms in total. The zero-order valence-electron chi connectivity index (χ0n) is 11.3. The van der Waals surface area contributed by atoms with E-state index in [2.05, 4.69) is 4.99 Å². The lowest BCUT2D eigenvalue weighted by Crippen LogP contribution is -2.33. The molecule has 0 saturated carbocycles. The van der Waals surface area contributed by atoms with Gasteiger partial charge in [0.05, 0.1) is 11.1 Å². The van der Waals surface area contributed by atoms with Crippen LogP contribution < -0.4 is 0 Å². The van der Waals surface area contributed by atoms with E-state index < -0.39 is 11.8 Å². The molecule has 21 heavy (non-hydrogen) atoms. The summed E-state index contributed by atoms with van der Waals surface area (Å²) in [6, 6.07) is 15.7. The Morgan fingerprint density at radius 1 is 0.905 bits per heavy atom. The summed E-state index contributed by atoms with van der Waals surface area (Å²) in [5.74, 6) is -0.745. The molecule has 0 atom stereocenters. The van der Waals surface area contributed by atoms with Crippen LogP contribution in [-0.4, -0.2) is 29.8 Å². The maximum atomic E-state index is 12.2. The van der Waals surface area contributed by atoms with Crippen LogP contribution in [0.4, 0.5) is 0 Å². The Morgan fingerprint density at radius 3 is 1.95 bits per heavy atom. The first kappa shape index (κ1) is 13.1. The Labute approximate surface area is 121 Å². The molecule has 1 aliphatic heterocycles. The Morgan fingerprint density at radius 2 is 1.43 bits per heavy atom. The number of benzene rings is 2. The van der Waals surface area contributed by atoms with Crippen molar-refractivity contribution in [3.63, 3.8) is 0 Å². The Balaban J connectivity index is 1.90. The van der Waals surface area contributed by atoms with Crippen molar-refractivity contribution < 1.29 is 14.4 Å². The third-order valence-electron chi connectivity index (χ3n) is 3.16. The fourth-order valence-corrected chi connectivity index (χ4v) is 2.14. The molecule has 0 aliphatic carbocycles. The second kappa shape index (κ2) is 5.20. The SMILES string of the molecule is C/N=C(\ON1C(=O)c2ccccc2C1=O)c1ccccc1. The van der Waals surface area contributed by atoms with E-state index in [9.17, 15) is 9.59 Å². The highest BCUT2D eigenvalue weighted by atomic mass is 16.7. The van der Waals surface area contributed by atoms with Gasteiger partial charge in [-0.15, -0.1) is 0 Å². The van der Waals surface area contributed by atoms with Gasteiger partial charge >= 0.3 is 0 Å². The van der Waals surface area contributed by atoms with Gasteiger partial charge in [-0.2, -0.15) is 0 Å². The van der Waals surface area contributed by atoms with E-state index in [0.717, 1.165) is 5.06 Å². The first-order valence-electron chi connectivity index (χ1n) is 6.40. The third-order valence-corrected chi connectivity index (χ3v) is 3.16. The van der Waals surface area contributed by atoms with Crippen LogP contribution in [0.3, 0.4) is 0 Å². The summed E-state index contributed by atoms with van der Waals surface area (Å²) >= 11 is 0. The van der Waals surface area contributed by atoms with Gasteiger partial charge in [-0.3, -0.25) is 14.6 Å². The van der Waals surface area contributed by atoms with Crippen molar-refractivity contribution in [3.8, 4) is 0 Å². The molecular formula is C16H12N2O3. The Kier molecular flexibility index (Phi) is 3.23. The van der Waals surface area contributed by atoms with Crippen molar-refractivity contribution in [2.75, 3.05) is 7.05 Å². The Bertz CT molecular complexity index is 703. The lowest BCUT2D eigenvalue weighted by atomic mass is 10.1. The largest absolute Gasteiger partial charge is 0.348 e. The number of hydroxylamine groups is 2. The minimum absolute atomic E-state index is 0.213. The average Bonchev–Trinajstić information content (AvgIpc) is 2.78. The van der Waals surface area contributed by atoms with E-state index in [4.69, 9.17) is 4.84 Å². The van der Waals surface area contributed by atoms with Crippen molar-refractivity contribution in [3.05, 3.63) is 71.3 Å². The quantitative estimate of drug-likeness (QED) is 0.482. The van der Waals surface area contributed by atoms with Gasteiger partial charge in [0, 0.05) is 12.6 Å². The molecule has 5 heteroatoms. The van der Waals surface area contributed by atoms with E-state index in [0.29, 0.717) is 16.7 Å². The molecule has 0 N–H and O–H groups in total. The number of imide groups is 1. The molecule has 104 valence electrons. The molecule has 1 heterocycles. The van der Waals surface area contributed by atoms with Crippen LogP contribution >= 0.6 is 0 Å². The molecule has 0 spiro atoms. The number of hydrogen-bond donors (Lipinski definition) is 0. The number of carbonyl (C=O) groups is 2. The zero-order chi connectivity index (χ0) is 14.8. The number of nitrogens with zero attached hydrogens (tertiary/aromatic N) is 2. The number of amides is 2. The number of fused-ring (bicyclic) bond motifs is 1. The summed E-state index contributed by atoms with van der Waals surface area (Å²) in [5.41, 5.74) is 1.37. The normalized spacial score (nSPS) is 14.3. The summed E-state index contributed by atoms with van der Waals surface area (Å²) in [5, 5.41) is 0.750. The molecule has 2 amide bonds. The van der Waals surface area contributed by atoms with Crippen molar-refractivity contribution in [2.45, 2.75) is 0 Å². The number of carbonyl (C=O) groups excluding carboxylic acids is 2. The van der Waals surface area contributed by atoms with Crippen LogP contribution in [0, 0.1) is 0 Å². The molecule has 0 aromatic heterocycles. The van der Waals surface area contributed by atoms with E-state index in [1.165, 1.54) is 0 Å². The highest BCUT2D eigenvalue weighted by Crippen LogP contribution is 2.23. The molecule has 1 aliphatic rings. The molecule has 0 radical (unpaired) electrons. The number of aliphatic imine (C=N–C) groups is 1. The predicted molar refractivity (Wildman–Crippen MR) is 76.9 cm³/mol. The summed E-state index contributed by atoms with van der Waals surface area (Å²) < 4.78 is 0. The van der Waals surface area contributed by atoms with Gasteiger partial charge in [-0.25, -0.2) is 0 Å². The van der Waals surface area contributed by atoms with Crippen LogP contribution in [0.1, 0.15) is 26.3 Å². The molecule has 2 aromatic rings. The minimum Gasteiger partial charge on any atom is -0.348 e. The summed E-state index contributed by atoms with van der Waals surface area (Å²) in [7, 11) is 1.54. The van der Waals surface area contributed by atoms with Crippen LogP contribution in [0.15, 0.2) is 59.6 Å². The van der Waals surface area contributed by atoms with Crippen molar-refractivity contribution in [1.29, 1.82) is 0 Å². The summed E-state index contributed by atoms with van der Waals surface area (Å²) in [4.78, 5) is 33.9. The van der Waals surface area contributed by atoms with Crippen molar-refractivity contribution in [2.24, 2.45) is 4.99 Å². The first-order valence-corrected chi connectivity index (χ1v) is 6.40. The standard InChI is InChI=1S/C16H12N2O3/c1-17-14(11-7-3-2-4-8-11)21-18-15(19)12-9-5-6-10-13(12)16(18)20/h2-10H,1H3/b17-14-. The van der Waals surface area contributed by atoms with E-state index in [-0.39, 0.29) is 5.90 Å². The fraction of sp³-hybridized carbons (Fsp3) is 0.0625. The average molecular weight is 280 g/mol.